The number of para-hydroxylation sites is 1. The fourth-order valence-electron chi connectivity index (χ4n) is 8.63. The van der Waals surface area contributed by atoms with Crippen molar-refractivity contribution >= 4 is 27.8 Å². The maximum Gasteiger partial charge on any atom is 0.143 e. The molecule has 10 aromatic carbocycles. The minimum atomic E-state index is 0.856. The zero-order valence-corrected chi connectivity index (χ0v) is 32.9. The molecule has 0 amide bonds. The number of hydrogen-bond acceptors (Lipinski definition) is 2. The number of nitrogens with zero attached hydrogens (tertiary/aromatic N) is 1. The van der Waals surface area contributed by atoms with Gasteiger partial charge in [-0.05, 0) is 115 Å². The fraction of sp³-hybridized carbons (Fsp3) is 0. The highest BCUT2D eigenvalue weighted by Gasteiger charge is 2.25. The molecule has 0 bridgehead atoms. The van der Waals surface area contributed by atoms with Gasteiger partial charge in [-0.1, -0.05) is 182 Å². The Morgan fingerprint density at radius 1 is 0.250 bits per heavy atom. The predicted octanol–water partition coefficient (Wildman–Crippen LogP) is 16.4. The van der Waals surface area contributed by atoms with Crippen molar-refractivity contribution in [1.29, 1.82) is 0 Å². The van der Waals surface area contributed by atoms with E-state index in [-0.39, 0.29) is 0 Å². The van der Waals surface area contributed by atoms with Crippen molar-refractivity contribution in [2.75, 3.05) is 4.90 Å². The summed E-state index contributed by atoms with van der Waals surface area (Å²) in [6, 6.07) is 84.7. The van der Waals surface area contributed by atoms with Gasteiger partial charge in [-0.25, -0.2) is 0 Å². The first-order valence-corrected chi connectivity index (χ1v) is 20.5. The van der Waals surface area contributed by atoms with Crippen LogP contribution in [0.5, 0.6) is 11.5 Å². The Morgan fingerprint density at radius 3 is 1.23 bits per heavy atom. The Hall–Kier alpha value is -7.94. The molecule has 0 saturated heterocycles. The zero-order chi connectivity index (χ0) is 39.8. The topological polar surface area (TPSA) is 12.5 Å². The Kier molecular flexibility index (Phi) is 8.87. The second-order valence-electron chi connectivity index (χ2n) is 15.3. The van der Waals surface area contributed by atoms with E-state index in [0.29, 0.717) is 0 Å². The smallest absolute Gasteiger partial charge is 0.143 e. The van der Waals surface area contributed by atoms with Gasteiger partial charge in [0.15, 0.2) is 0 Å². The van der Waals surface area contributed by atoms with Gasteiger partial charge >= 0.3 is 0 Å². The molecule has 0 fully saturated rings. The molecular weight excluding hydrogens is 727 g/mol. The minimum Gasteiger partial charge on any atom is -0.455 e. The van der Waals surface area contributed by atoms with Crippen LogP contribution in [-0.2, 0) is 0 Å². The van der Waals surface area contributed by atoms with E-state index in [9.17, 15) is 0 Å². The van der Waals surface area contributed by atoms with Gasteiger partial charge in [0.25, 0.3) is 0 Å². The molecule has 11 rings (SSSR count). The Balaban J connectivity index is 1.02. The first kappa shape index (κ1) is 35.2. The molecule has 0 aliphatic carbocycles. The molecule has 0 unspecified atom stereocenters. The minimum absolute atomic E-state index is 0.856. The van der Waals surface area contributed by atoms with Crippen LogP contribution in [-0.4, -0.2) is 0 Å². The number of anilines is 3. The zero-order valence-electron chi connectivity index (χ0n) is 32.9. The van der Waals surface area contributed by atoms with E-state index < -0.39 is 0 Å². The summed E-state index contributed by atoms with van der Waals surface area (Å²) in [5.41, 5.74) is 17.0. The summed E-state index contributed by atoms with van der Waals surface area (Å²) in [4.78, 5) is 2.33. The lowest BCUT2D eigenvalue weighted by Crippen LogP contribution is -2.09. The molecule has 10 aromatic rings. The molecule has 0 radical (unpaired) electrons. The number of rotatable bonds is 7. The number of benzene rings is 10. The molecule has 1 aliphatic rings. The van der Waals surface area contributed by atoms with Crippen LogP contribution in [0.4, 0.5) is 17.1 Å². The summed E-state index contributed by atoms with van der Waals surface area (Å²) in [7, 11) is 0. The largest absolute Gasteiger partial charge is 0.455 e. The Labute approximate surface area is 350 Å². The van der Waals surface area contributed by atoms with E-state index in [4.69, 9.17) is 4.74 Å². The molecule has 0 atom stereocenters. The standard InChI is InChI=1S/C58H39NO/c1-4-13-40(14-5-1)43-23-30-49(31-24-43)59(50-32-25-44(26-33-50)41-15-6-2-7-16-41)51-34-27-45(28-35-51)52-21-12-22-54-55-37-48(42-17-8-3-9-18-42)29-36-53(55)56-38-46-19-10-11-20-47(46)39-57(56)60-58(52)54/h1-39H. The highest BCUT2D eigenvalue weighted by Crippen LogP contribution is 2.52. The molecule has 0 spiro atoms. The molecule has 2 nitrogen and oxygen atoms in total. The van der Waals surface area contributed by atoms with Crippen molar-refractivity contribution in [1.82, 2.24) is 0 Å². The summed E-state index contributed by atoms with van der Waals surface area (Å²) >= 11 is 0. The van der Waals surface area contributed by atoms with E-state index in [0.717, 1.165) is 67.3 Å². The van der Waals surface area contributed by atoms with E-state index >= 15 is 0 Å². The molecule has 1 heterocycles. The summed E-state index contributed by atoms with van der Waals surface area (Å²) in [6.07, 6.45) is 0. The molecule has 0 aromatic heterocycles. The average molecular weight is 766 g/mol. The van der Waals surface area contributed by atoms with Gasteiger partial charge in [0.1, 0.15) is 11.5 Å². The normalized spacial score (nSPS) is 11.5. The summed E-state index contributed by atoms with van der Waals surface area (Å²) < 4.78 is 7.13. The van der Waals surface area contributed by atoms with Crippen molar-refractivity contribution in [3.05, 3.63) is 237 Å². The van der Waals surface area contributed by atoms with Crippen LogP contribution in [0.3, 0.4) is 0 Å². The summed E-state index contributed by atoms with van der Waals surface area (Å²) in [5.74, 6) is 1.71. The van der Waals surface area contributed by atoms with E-state index in [1.165, 1.54) is 38.8 Å². The van der Waals surface area contributed by atoms with Gasteiger partial charge in [-0.3, -0.25) is 0 Å². The molecule has 0 N–H and O–H groups in total. The SMILES string of the molecule is c1ccc(-c2ccc(N(c3ccc(-c4ccccc4)cc3)c3ccc(-c4cccc5c4Oc4cc6ccccc6cc4-c4ccc(-c6ccccc6)cc4-5)cc3)cc2)cc1. The number of fused-ring (bicyclic) bond motifs is 6. The van der Waals surface area contributed by atoms with Gasteiger partial charge in [-0.2, -0.15) is 0 Å². The Morgan fingerprint density at radius 2 is 0.683 bits per heavy atom. The van der Waals surface area contributed by atoms with Gasteiger partial charge < -0.3 is 9.64 Å². The molecule has 60 heavy (non-hydrogen) atoms. The molecule has 1 aliphatic heterocycles. The highest BCUT2D eigenvalue weighted by atomic mass is 16.5. The van der Waals surface area contributed by atoms with Crippen molar-refractivity contribution in [2.24, 2.45) is 0 Å². The second-order valence-corrected chi connectivity index (χ2v) is 15.3. The maximum atomic E-state index is 7.13. The first-order chi connectivity index (χ1) is 29.7. The van der Waals surface area contributed by atoms with Crippen LogP contribution in [0.1, 0.15) is 0 Å². The second kappa shape index (κ2) is 15.1. The lowest BCUT2D eigenvalue weighted by atomic mass is 9.89. The highest BCUT2D eigenvalue weighted by molar-refractivity contribution is 6.00. The lowest BCUT2D eigenvalue weighted by molar-refractivity contribution is 0.490. The fourth-order valence-corrected chi connectivity index (χ4v) is 8.63. The van der Waals surface area contributed by atoms with E-state index in [1.54, 1.807) is 0 Å². The lowest BCUT2D eigenvalue weighted by Gasteiger charge is -2.26. The third-order valence-corrected chi connectivity index (χ3v) is 11.7. The van der Waals surface area contributed by atoms with Gasteiger partial charge in [0.2, 0.25) is 0 Å². The maximum absolute atomic E-state index is 7.13. The van der Waals surface area contributed by atoms with E-state index in [1.807, 2.05) is 0 Å². The van der Waals surface area contributed by atoms with Crippen LogP contribution in [0.2, 0.25) is 0 Å². The van der Waals surface area contributed by atoms with Crippen LogP contribution >= 0.6 is 0 Å². The van der Waals surface area contributed by atoms with Crippen LogP contribution in [0.25, 0.3) is 77.5 Å². The molecular formula is C58H39NO. The Bertz CT molecular complexity index is 3040. The summed E-state index contributed by atoms with van der Waals surface area (Å²) in [6.45, 7) is 0. The van der Waals surface area contributed by atoms with Crippen molar-refractivity contribution in [3.63, 3.8) is 0 Å². The summed E-state index contributed by atoms with van der Waals surface area (Å²) in [5, 5.41) is 2.34. The van der Waals surface area contributed by atoms with E-state index in [2.05, 4.69) is 241 Å². The van der Waals surface area contributed by atoms with Crippen molar-refractivity contribution < 1.29 is 4.74 Å². The molecule has 282 valence electrons. The monoisotopic (exact) mass is 765 g/mol. The van der Waals surface area contributed by atoms with Crippen molar-refractivity contribution in [3.8, 4) is 78.3 Å². The number of ether oxygens (including phenoxy) is 1. The third-order valence-electron chi connectivity index (χ3n) is 11.7. The average Bonchev–Trinajstić information content (AvgIpc) is 3.46. The van der Waals surface area contributed by atoms with Gasteiger partial charge in [0, 0.05) is 33.8 Å². The predicted molar refractivity (Wildman–Crippen MR) is 251 cm³/mol. The van der Waals surface area contributed by atoms with Crippen LogP contribution in [0.15, 0.2) is 237 Å². The molecule has 2 heteroatoms. The molecule has 0 saturated carbocycles. The quantitative estimate of drug-likeness (QED) is 0.160. The number of hydrogen-bond donors (Lipinski definition) is 0. The first-order valence-electron chi connectivity index (χ1n) is 20.5. The van der Waals surface area contributed by atoms with Crippen molar-refractivity contribution in [2.45, 2.75) is 0 Å². The van der Waals surface area contributed by atoms with Crippen LogP contribution in [0, 0.1) is 0 Å². The van der Waals surface area contributed by atoms with Gasteiger partial charge in [0.05, 0.1) is 0 Å². The van der Waals surface area contributed by atoms with Crippen LogP contribution < -0.4 is 9.64 Å². The third kappa shape index (κ3) is 6.51. The van der Waals surface area contributed by atoms with Gasteiger partial charge in [-0.15, -0.1) is 0 Å².